The van der Waals surface area contributed by atoms with Gasteiger partial charge in [0, 0.05) is 30.8 Å². The third kappa shape index (κ3) is 3.69. The fraction of sp³-hybridized carbons (Fsp3) is 0.650. The van der Waals surface area contributed by atoms with Gasteiger partial charge in [-0.1, -0.05) is 13.8 Å². The molecule has 0 aromatic carbocycles. The Morgan fingerprint density at radius 2 is 1.77 bits per heavy atom. The van der Waals surface area contributed by atoms with Gasteiger partial charge in [0.05, 0.1) is 13.2 Å². The van der Waals surface area contributed by atoms with Gasteiger partial charge in [-0.15, -0.1) is 0 Å². The summed E-state index contributed by atoms with van der Waals surface area (Å²) < 4.78 is 6.54. The van der Waals surface area contributed by atoms with Gasteiger partial charge in [-0.3, -0.25) is 9.59 Å². The number of esters is 1. The third-order valence-electron chi connectivity index (χ3n) is 5.17. The highest BCUT2D eigenvalue weighted by Crippen LogP contribution is 2.33. The second-order valence-electron chi connectivity index (χ2n) is 7.68. The van der Waals surface area contributed by atoms with Crippen LogP contribution in [0.15, 0.2) is 0 Å². The van der Waals surface area contributed by atoms with E-state index in [4.69, 9.17) is 4.74 Å². The van der Waals surface area contributed by atoms with Crippen LogP contribution in [0.2, 0.25) is 0 Å². The number of carbonyl (C=O) groups excluding carboxylic acids is 3. The number of hydrogen-bond donors (Lipinski definition) is 0. The lowest BCUT2D eigenvalue weighted by molar-refractivity contribution is -0.134. The summed E-state index contributed by atoms with van der Waals surface area (Å²) in [5.74, 6) is -0.184. The van der Waals surface area contributed by atoms with E-state index < -0.39 is 12.0 Å². The molecule has 6 heteroatoms. The van der Waals surface area contributed by atoms with Gasteiger partial charge in [0.2, 0.25) is 5.91 Å². The highest BCUT2D eigenvalue weighted by Gasteiger charge is 2.38. The van der Waals surface area contributed by atoms with Crippen LogP contribution in [-0.4, -0.2) is 46.8 Å². The molecule has 144 valence electrons. The van der Waals surface area contributed by atoms with Gasteiger partial charge in [0.25, 0.3) is 0 Å². The van der Waals surface area contributed by atoms with Crippen molar-refractivity contribution in [3.8, 4) is 0 Å². The second-order valence-corrected chi connectivity index (χ2v) is 7.68. The summed E-state index contributed by atoms with van der Waals surface area (Å²) in [5.41, 5.74) is 2.21. The first-order valence-electron chi connectivity index (χ1n) is 9.20. The molecular formula is C20H30N2O4. The number of Topliss-reactive ketones (excluding diaryl/α,β-unsaturated/α-hetero) is 1. The Morgan fingerprint density at radius 1 is 1.19 bits per heavy atom. The SMILES string of the molecule is COC(=O)c1c(C)c(C(=O)C(C)N(CC(C)C)C(=O)C2CC2)c(C)n1C. The van der Waals surface area contributed by atoms with Gasteiger partial charge < -0.3 is 14.2 Å². The highest BCUT2D eigenvalue weighted by atomic mass is 16.5. The zero-order chi connectivity index (χ0) is 19.8. The van der Waals surface area contributed by atoms with E-state index in [-0.39, 0.29) is 23.5 Å². The first-order valence-corrected chi connectivity index (χ1v) is 9.20. The van der Waals surface area contributed by atoms with Crippen molar-refractivity contribution in [3.63, 3.8) is 0 Å². The van der Waals surface area contributed by atoms with Crippen molar-refractivity contribution in [3.05, 3.63) is 22.5 Å². The molecule has 0 radical (unpaired) electrons. The molecule has 1 aliphatic rings. The molecule has 6 nitrogen and oxygen atoms in total. The van der Waals surface area contributed by atoms with E-state index in [2.05, 4.69) is 0 Å². The number of ether oxygens (including phenoxy) is 1. The van der Waals surface area contributed by atoms with Crippen LogP contribution in [0.5, 0.6) is 0 Å². The predicted octanol–water partition coefficient (Wildman–Crippen LogP) is 2.89. The van der Waals surface area contributed by atoms with Crippen LogP contribution in [0.3, 0.4) is 0 Å². The van der Waals surface area contributed by atoms with E-state index in [0.29, 0.717) is 29.1 Å². The number of carbonyl (C=O) groups is 3. The molecule has 1 amide bonds. The first kappa shape index (κ1) is 20.2. The van der Waals surface area contributed by atoms with Crippen molar-refractivity contribution in [2.75, 3.05) is 13.7 Å². The fourth-order valence-corrected chi connectivity index (χ4v) is 3.47. The summed E-state index contributed by atoms with van der Waals surface area (Å²) in [5, 5.41) is 0. The van der Waals surface area contributed by atoms with Gasteiger partial charge in [0.1, 0.15) is 5.69 Å². The van der Waals surface area contributed by atoms with E-state index in [9.17, 15) is 14.4 Å². The summed E-state index contributed by atoms with van der Waals surface area (Å²) in [6.07, 6.45) is 1.81. The summed E-state index contributed by atoms with van der Waals surface area (Å²) in [6, 6.07) is -0.559. The largest absolute Gasteiger partial charge is 0.464 e. The molecule has 2 rings (SSSR count). The predicted molar refractivity (Wildman–Crippen MR) is 99.3 cm³/mol. The molecule has 1 aromatic heterocycles. The average Bonchev–Trinajstić information content (AvgIpc) is 3.39. The van der Waals surface area contributed by atoms with Crippen LogP contribution in [-0.2, 0) is 16.6 Å². The Hall–Kier alpha value is -2.11. The Kier molecular flexibility index (Phi) is 5.94. The molecule has 0 N–H and O–H groups in total. The Bertz CT molecular complexity index is 729. The van der Waals surface area contributed by atoms with Crippen LogP contribution in [0.4, 0.5) is 0 Å². The zero-order valence-electron chi connectivity index (χ0n) is 16.9. The number of rotatable bonds is 7. The molecule has 0 spiro atoms. The van der Waals surface area contributed by atoms with E-state index in [0.717, 1.165) is 12.8 Å². The number of aromatic nitrogens is 1. The molecule has 1 heterocycles. The molecule has 1 atom stereocenters. The van der Waals surface area contributed by atoms with Crippen LogP contribution in [0.25, 0.3) is 0 Å². The van der Waals surface area contributed by atoms with Crippen molar-refractivity contribution in [1.82, 2.24) is 9.47 Å². The van der Waals surface area contributed by atoms with Gasteiger partial charge in [-0.2, -0.15) is 0 Å². The summed E-state index contributed by atoms with van der Waals surface area (Å²) >= 11 is 0. The number of nitrogens with zero attached hydrogens (tertiary/aromatic N) is 2. The smallest absolute Gasteiger partial charge is 0.354 e. The van der Waals surface area contributed by atoms with E-state index in [1.807, 2.05) is 20.8 Å². The minimum atomic E-state index is -0.559. The second kappa shape index (κ2) is 7.64. The zero-order valence-corrected chi connectivity index (χ0v) is 16.9. The minimum absolute atomic E-state index is 0.0626. The highest BCUT2D eigenvalue weighted by molar-refractivity contribution is 6.06. The number of hydrogen-bond acceptors (Lipinski definition) is 4. The van der Waals surface area contributed by atoms with Gasteiger partial charge >= 0.3 is 5.97 Å². The standard InChI is InChI=1S/C20H30N2O4/c1-11(2)10-22(19(24)15-8-9-15)14(5)18(23)16-12(3)17(20(25)26-7)21(6)13(16)4/h11,14-15H,8-10H2,1-7H3. The maximum atomic E-state index is 13.3. The number of ketones is 1. The molecule has 1 unspecified atom stereocenters. The molecule has 0 saturated heterocycles. The van der Waals surface area contributed by atoms with Gasteiger partial charge in [-0.25, -0.2) is 4.79 Å². The average molecular weight is 362 g/mol. The topological polar surface area (TPSA) is 68.6 Å². The maximum Gasteiger partial charge on any atom is 0.354 e. The molecular weight excluding hydrogens is 332 g/mol. The lowest BCUT2D eigenvalue weighted by Crippen LogP contribution is -2.46. The number of methoxy groups -OCH3 is 1. The van der Waals surface area contributed by atoms with Crippen LogP contribution < -0.4 is 0 Å². The van der Waals surface area contributed by atoms with Crippen LogP contribution >= 0.6 is 0 Å². The van der Waals surface area contributed by atoms with Crippen molar-refractivity contribution in [2.45, 2.75) is 53.5 Å². The first-order chi connectivity index (χ1) is 12.1. The van der Waals surface area contributed by atoms with Gasteiger partial charge in [-0.05, 0) is 45.1 Å². The monoisotopic (exact) mass is 362 g/mol. The molecule has 1 saturated carbocycles. The van der Waals surface area contributed by atoms with E-state index in [1.165, 1.54) is 7.11 Å². The Labute approximate surface area is 155 Å². The molecule has 1 fully saturated rings. The summed E-state index contributed by atoms with van der Waals surface area (Å²) in [4.78, 5) is 39.8. The quantitative estimate of drug-likeness (QED) is 0.552. The van der Waals surface area contributed by atoms with Crippen LogP contribution in [0.1, 0.15) is 65.7 Å². The maximum absolute atomic E-state index is 13.3. The molecule has 1 aliphatic carbocycles. The van der Waals surface area contributed by atoms with Crippen molar-refractivity contribution >= 4 is 17.7 Å². The molecule has 26 heavy (non-hydrogen) atoms. The van der Waals surface area contributed by atoms with Crippen molar-refractivity contribution < 1.29 is 19.1 Å². The lowest BCUT2D eigenvalue weighted by atomic mass is 9.98. The number of amides is 1. The normalized spacial score (nSPS) is 15.1. The molecule has 0 bridgehead atoms. The van der Waals surface area contributed by atoms with Crippen LogP contribution in [0, 0.1) is 25.7 Å². The lowest BCUT2D eigenvalue weighted by Gasteiger charge is -2.30. The van der Waals surface area contributed by atoms with Crippen molar-refractivity contribution in [1.29, 1.82) is 0 Å². The summed E-state index contributed by atoms with van der Waals surface area (Å²) in [6.45, 7) is 9.99. The van der Waals surface area contributed by atoms with E-state index in [1.54, 1.807) is 30.4 Å². The molecule has 1 aromatic rings. The molecule has 0 aliphatic heterocycles. The third-order valence-corrected chi connectivity index (χ3v) is 5.17. The fourth-order valence-electron chi connectivity index (χ4n) is 3.47. The van der Waals surface area contributed by atoms with Gasteiger partial charge in [0.15, 0.2) is 5.78 Å². The Balaban J connectivity index is 2.40. The summed E-state index contributed by atoms with van der Waals surface area (Å²) in [7, 11) is 3.07. The Morgan fingerprint density at radius 3 is 2.23 bits per heavy atom. The minimum Gasteiger partial charge on any atom is -0.464 e. The van der Waals surface area contributed by atoms with E-state index >= 15 is 0 Å². The van der Waals surface area contributed by atoms with Crippen molar-refractivity contribution in [2.24, 2.45) is 18.9 Å².